The quantitative estimate of drug-likeness (QED) is 0.899. The van der Waals surface area contributed by atoms with Crippen molar-refractivity contribution in [3.05, 3.63) is 35.6 Å². The number of amides is 1. The minimum absolute atomic E-state index is 0.00763. The first-order valence-electron chi connectivity index (χ1n) is 8.69. The van der Waals surface area contributed by atoms with Crippen molar-refractivity contribution in [2.45, 2.75) is 43.6 Å². The molecule has 1 aromatic carbocycles. The number of aliphatic hydroxyl groups is 1. The number of carbonyl (C=O) groups excluding carboxylic acids is 1. The Labute approximate surface area is 142 Å². The first kappa shape index (κ1) is 17.4. The van der Waals surface area contributed by atoms with Crippen molar-refractivity contribution in [2.24, 2.45) is 5.92 Å². The van der Waals surface area contributed by atoms with Crippen LogP contribution in [0.15, 0.2) is 24.3 Å². The highest BCUT2D eigenvalue weighted by atomic mass is 19.1. The van der Waals surface area contributed by atoms with E-state index < -0.39 is 11.0 Å². The molecule has 2 aliphatic rings. The van der Waals surface area contributed by atoms with Crippen molar-refractivity contribution in [2.75, 3.05) is 26.8 Å². The van der Waals surface area contributed by atoms with Crippen LogP contribution in [0.2, 0.25) is 0 Å². The minimum Gasteiger partial charge on any atom is -0.389 e. The Morgan fingerprint density at radius 3 is 2.67 bits per heavy atom. The van der Waals surface area contributed by atoms with Crippen LogP contribution in [0.25, 0.3) is 0 Å². The zero-order chi connectivity index (χ0) is 17.4. The lowest BCUT2D eigenvalue weighted by Crippen LogP contribution is -2.54. The molecule has 1 aromatic rings. The molecule has 132 valence electrons. The van der Waals surface area contributed by atoms with Gasteiger partial charge in [-0.05, 0) is 31.7 Å². The molecule has 3 rings (SSSR count). The van der Waals surface area contributed by atoms with Crippen LogP contribution in [-0.2, 0) is 14.9 Å². The molecule has 1 heterocycles. The fourth-order valence-electron chi connectivity index (χ4n) is 3.88. The smallest absolute Gasteiger partial charge is 0.233 e. The predicted octanol–water partition coefficient (Wildman–Crippen LogP) is 2.49. The number of hydrogen-bond acceptors (Lipinski definition) is 3. The molecule has 1 aliphatic carbocycles. The minimum atomic E-state index is -0.790. The molecular formula is C19H26FNO3. The summed E-state index contributed by atoms with van der Waals surface area (Å²) in [5.74, 6) is -0.319. The third-order valence-corrected chi connectivity index (χ3v) is 5.80. The summed E-state index contributed by atoms with van der Waals surface area (Å²) in [7, 11) is 1.62. The molecule has 1 aliphatic heterocycles. The SMILES string of the molecule is COCC[C@]1(O)CCN(C(=O)C2(c3ccccc3F)CC2)C[C@H]1C. The number of methoxy groups -OCH3 is 1. The van der Waals surface area contributed by atoms with E-state index in [0.29, 0.717) is 50.9 Å². The van der Waals surface area contributed by atoms with Crippen LogP contribution < -0.4 is 0 Å². The van der Waals surface area contributed by atoms with Gasteiger partial charge in [-0.25, -0.2) is 4.39 Å². The number of carbonyl (C=O) groups is 1. The lowest BCUT2D eigenvalue weighted by Gasteiger charge is -2.44. The number of benzene rings is 1. The zero-order valence-corrected chi connectivity index (χ0v) is 14.4. The van der Waals surface area contributed by atoms with Crippen molar-refractivity contribution in [3.8, 4) is 0 Å². The summed E-state index contributed by atoms with van der Waals surface area (Å²) in [6.07, 6.45) is 2.51. The van der Waals surface area contributed by atoms with Gasteiger partial charge in [0.25, 0.3) is 0 Å². The molecule has 0 spiro atoms. The molecule has 4 nitrogen and oxygen atoms in total. The first-order valence-corrected chi connectivity index (χ1v) is 8.69. The zero-order valence-electron chi connectivity index (χ0n) is 14.4. The van der Waals surface area contributed by atoms with Crippen LogP contribution in [0.3, 0.4) is 0 Å². The molecule has 5 heteroatoms. The second-order valence-electron chi connectivity index (χ2n) is 7.31. The van der Waals surface area contributed by atoms with Gasteiger partial charge in [-0.1, -0.05) is 25.1 Å². The van der Waals surface area contributed by atoms with Crippen molar-refractivity contribution in [1.29, 1.82) is 0 Å². The van der Waals surface area contributed by atoms with Gasteiger partial charge in [-0.3, -0.25) is 4.79 Å². The molecule has 24 heavy (non-hydrogen) atoms. The molecular weight excluding hydrogens is 309 g/mol. The highest BCUT2D eigenvalue weighted by Crippen LogP contribution is 2.51. The Balaban J connectivity index is 1.72. The van der Waals surface area contributed by atoms with Crippen LogP contribution in [0.5, 0.6) is 0 Å². The lowest BCUT2D eigenvalue weighted by molar-refractivity contribution is -0.143. The number of hydrogen-bond donors (Lipinski definition) is 1. The molecule has 2 fully saturated rings. The van der Waals surface area contributed by atoms with Crippen LogP contribution in [0.1, 0.15) is 38.2 Å². The highest BCUT2D eigenvalue weighted by Gasteiger charge is 2.55. The highest BCUT2D eigenvalue weighted by molar-refractivity contribution is 5.91. The molecule has 0 aromatic heterocycles. The molecule has 1 amide bonds. The van der Waals surface area contributed by atoms with Crippen molar-refractivity contribution in [3.63, 3.8) is 0 Å². The van der Waals surface area contributed by atoms with Gasteiger partial charge in [0.2, 0.25) is 5.91 Å². The van der Waals surface area contributed by atoms with E-state index in [9.17, 15) is 14.3 Å². The summed E-state index contributed by atoms with van der Waals surface area (Å²) in [6, 6.07) is 6.58. The average Bonchev–Trinajstić information content (AvgIpc) is 3.37. The predicted molar refractivity (Wildman–Crippen MR) is 89.1 cm³/mol. The fourth-order valence-corrected chi connectivity index (χ4v) is 3.88. The summed E-state index contributed by atoms with van der Waals surface area (Å²) in [6.45, 7) is 3.50. The van der Waals surface area contributed by atoms with E-state index >= 15 is 0 Å². The third-order valence-electron chi connectivity index (χ3n) is 5.80. The molecule has 0 bridgehead atoms. The largest absolute Gasteiger partial charge is 0.389 e. The first-order chi connectivity index (χ1) is 11.4. The number of nitrogens with zero attached hydrogens (tertiary/aromatic N) is 1. The van der Waals surface area contributed by atoms with E-state index in [1.165, 1.54) is 6.07 Å². The Morgan fingerprint density at radius 1 is 1.38 bits per heavy atom. The third kappa shape index (κ3) is 2.95. The van der Waals surface area contributed by atoms with Gasteiger partial charge < -0.3 is 14.7 Å². The van der Waals surface area contributed by atoms with Gasteiger partial charge in [-0.15, -0.1) is 0 Å². The van der Waals surface area contributed by atoms with Gasteiger partial charge in [0.15, 0.2) is 0 Å². The molecule has 1 saturated carbocycles. The van der Waals surface area contributed by atoms with Crippen LogP contribution >= 0.6 is 0 Å². The monoisotopic (exact) mass is 335 g/mol. The molecule has 1 N–H and O–H groups in total. The van der Waals surface area contributed by atoms with E-state index in [2.05, 4.69) is 0 Å². The summed E-state index contributed by atoms with van der Waals surface area (Å²) in [5.41, 5.74) is -0.961. The second kappa shape index (κ2) is 6.45. The normalized spacial score (nSPS) is 28.7. The Kier molecular flexibility index (Phi) is 4.67. The van der Waals surface area contributed by atoms with E-state index in [1.807, 2.05) is 11.8 Å². The topological polar surface area (TPSA) is 49.8 Å². The van der Waals surface area contributed by atoms with Crippen LogP contribution in [0.4, 0.5) is 4.39 Å². The Bertz CT molecular complexity index is 616. The van der Waals surface area contributed by atoms with Crippen molar-refractivity contribution in [1.82, 2.24) is 4.90 Å². The van der Waals surface area contributed by atoms with Gasteiger partial charge in [-0.2, -0.15) is 0 Å². The summed E-state index contributed by atoms with van der Waals surface area (Å²) >= 11 is 0. The maximum atomic E-state index is 14.2. The van der Waals surface area contributed by atoms with Gasteiger partial charge in [0.1, 0.15) is 5.82 Å². The van der Waals surface area contributed by atoms with Gasteiger partial charge >= 0.3 is 0 Å². The molecule has 2 atom stereocenters. The number of rotatable bonds is 5. The number of piperidine rings is 1. The maximum absolute atomic E-state index is 14.2. The molecule has 0 unspecified atom stereocenters. The maximum Gasteiger partial charge on any atom is 0.233 e. The number of halogens is 1. The Hall–Kier alpha value is -1.46. The van der Waals surface area contributed by atoms with E-state index in [4.69, 9.17) is 4.74 Å². The number of ether oxygens (including phenoxy) is 1. The standard InChI is InChI=1S/C19H26FNO3/c1-14-13-21(11-9-19(14,23)10-12-24-2)17(22)18(7-8-18)15-5-3-4-6-16(15)20/h3-6,14,23H,7-13H2,1-2H3/t14-,19-/m1/s1. The Morgan fingerprint density at radius 2 is 2.08 bits per heavy atom. The van der Waals surface area contributed by atoms with E-state index in [1.54, 1.807) is 25.3 Å². The van der Waals surface area contributed by atoms with Gasteiger partial charge in [0, 0.05) is 38.3 Å². The second-order valence-corrected chi connectivity index (χ2v) is 7.31. The molecule has 0 radical (unpaired) electrons. The van der Waals surface area contributed by atoms with Crippen molar-refractivity contribution >= 4 is 5.91 Å². The number of likely N-dealkylation sites (tertiary alicyclic amines) is 1. The average molecular weight is 335 g/mol. The van der Waals surface area contributed by atoms with Crippen molar-refractivity contribution < 1.29 is 19.0 Å². The van der Waals surface area contributed by atoms with Crippen LogP contribution in [0, 0.1) is 11.7 Å². The van der Waals surface area contributed by atoms with Gasteiger partial charge in [0.05, 0.1) is 11.0 Å². The van der Waals surface area contributed by atoms with E-state index in [-0.39, 0.29) is 17.6 Å². The lowest BCUT2D eigenvalue weighted by atomic mass is 9.79. The van der Waals surface area contributed by atoms with E-state index in [0.717, 1.165) is 0 Å². The molecule has 1 saturated heterocycles. The fraction of sp³-hybridized carbons (Fsp3) is 0.632. The summed E-state index contributed by atoms with van der Waals surface area (Å²) in [5, 5.41) is 10.8. The van der Waals surface area contributed by atoms with Crippen LogP contribution in [-0.4, -0.2) is 48.3 Å². The summed E-state index contributed by atoms with van der Waals surface area (Å²) < 4.78 is 19.3. The summed E-state index contributed by atoms with van der Waals surface area (Å²) in [4.78, 5) is 14.9.